The molecule has 0 saturated heterocycles. The van der Waals surface area contributed by atoms with Crippen LogP contribution < -0.4 is 0 Å². The molecule has 3 rings (SSSR count). The smallest absolute Gasteiger partial charge is 0.0494 e. The van der Waals surface area contributed by atoms with Gasteiger partial charge in [0.15, 0.2) is 0 Å². The van der Waals surface area contributed by atoms with Crippen molar-refractivity contribution < 1.29 is 0 Å². The maximum atomic E-state index is 2.83. The number of rotatable bonds is 3. The van der Waals surface area contributed by atoms with Crippen molar-refractivity contribution >= 4 is 7.26 Å². The zero-order chi connectivity index (χ0) is 11.7. The Morgan fingerprint density at radius 2 is 0.765 bits per heavy atom. The van der Waals surface area contributed by atoms with Gasteiger partial charge in [0.2, 0.25) is 0 Å². The first-order chi connectivity index (χ1) is 8.32. The van der Waals surface area contributed by atoms with Gasteiger partial charge in [-0.15, -0.1) is 0 Å². The van der Waals surface area contributed by atoms with Crippen LogP contribution in [-0.2, 0) is 0 Å². The fourth-order valence-electron chi connectivity index (χ4n) is 5.28. The van der Waals surface area contributed by atoms with Crippen LogP contribution in [-0.4, -0.2) is 23.6 Å². The summed E-state index contributed by atoms with van der Waals surface area (Å²) in [6.45, 7) is 2.83. The molecule has 0 heterocycles. The van der Waals surface area contributed by atoms with Crippen LogP contribution in [0.15, 0.2) is 0 Å². The molecule has 98 valence electrons. The van der Waals surface area contributed by atoms with E-state index in [1.165, 1.54) is 17.0 Å². The van der Waals surface area contributed by atoms with Gasteiger partial charge in [-0.3, -0.25) is 0 Å². The summed E-state index contributed by atoms with van der Waals surface area (Å²) < 4.78 is 0. The molecule has 0 aromatic carbocycles. The summed E-state index contributed by atoms with van der Waals surface area (Å²) in [4.78, 5) is 0. The largest absolute Gasteiger partial charge is 0.0700 e. The van der Waals surface area contributed by atoms with Crippen LogP contribution in [0.2, 0.25) is 0 Å². The zero-order valence-electron chi connectivity index (χ0n) is 11.7. The molecule has 0 spiro atoms. The average molecular weight is 253 g/mol. The molecule has 0 N–H and O–H groups in total. The maximum Gasteiger partial charge on any atom is 0.0700 e. The van der Waals surface area contributed by atoms with Crippen LogP contribution in [0, 0.1) is 0 Å². The fourth-order valence-corrected chi connectivity index (χ4v) is 11.5. The molecule has 0 amide bonds. The van der Waals surface area contributed by atoms with E-state index in [1.54, 1.807) is 77.0 Å². The van der Waals surface area contributed by atoms with E-state index in [2.05, 4.69) is 6.66 Å². The van der Waals surface area contributed by atoms with Gasteiger partial charge in [0, 0.05) is 13.9 Å². The first-order valence-corrected chi connectivity index (χ1v) is 10.6. The van der Waals surface area contributed by atoms with E-state index in [0.29, 0.717) is 0 Å². The van der Waals surface area contributed by atoms with Crippen molar-refractivity contribution in [1.82, 2.24) is 0 Å². The topological polar surface area (TPSA) is 0 Å². The normalized spacial score (nSPS) is 29.5. The van der Waals surface area contributed by atoms with Gasteiger partial charge in [0.1, 0.15) is 0 Å². The van der Waals surface area contributed by atoms with Crippen molar-refractivity contribution in [2.24, 2.45) is 0 Å². The SMILES string of the molecule is C[P+](C1CCCC1)(C1CCCC1)C1CCCC1. The minimum Gasteiger partial charge on any atom is -0.0494 e. The molecular weight excluding hydrogens is 223 g/mol. The van der Waals surface area contributed by atoms with E-state index in [9.17, 15) is 0 Å². The molecule has 0 aromatic heterocycles. The molecule has 0 bridgehead atoms. The second-order valence-corrected chi connectivity index (χ2v) is 11.7. The summed E-state index contributed by atoms with van der Waals surface area (Å²) in [6.07, 6.45) is 19.0. The number of hydrogen-bond donors (Lipinski definition) is 0. The third kappa shape index (κ3) is 2.20. The summed E-state index contributed by atoms with van der Waals surface area (Å²) in [5.41, 5.74) is 3.61. The first-order valence-electron chi connectivity index (χ1n) is 8.17. The molecule has 1 heteroatoms. The number of hydrogen-bond acceptors (Lipinski definition) is 0. The fraction of sp³-hybridized carbons (Fsp3) is 1.00. The van der Waals surface area contributed by atoms with Crippen LogP contribution in [0.1, 0.15) is 77.0 Å². The highest BCUT2D eigenvalue weighted by Gasteiger charge is 2.54. The molecule has 3 aliphatic carbocycles. The predicted octanol–water partition coefficient (Wildman–Crippen LogP) is 5.46. The zero-order valence-corrected chi connectivity index (χ0v) is 12.6. The quantitative estimate of drug-likeness (QED) is 0.586. The predicted molar refractivity (Wildman–Crippen MR) is 79.6 cm³/mol. The summed E-state index contributed by atoms with van der Waals surface area (Å²) >= 11 is 0. The summed E-state index contributed by atoms with van der Waals surface area (Å²) in [6, 6.07) is 0. The van der Waals surface area contributed by atoms with Crippen LogP contribution >= 0.6 is 7.26 Å². The van der Waals surface area contributed by atoms with E-state index < -0.39 is 7.26 Å². The highest BCUT2D eigenvalue weighted by molar-refractivity contribution is 7.77. The van der Waals surface area contributed by atoms with Gasteiger partial charge in [0.25, 0.3) is 0 Å². The lowest BCUT2D eigenvalue weighted by Crippen LogP contribution is -2.27. The maximum absolute atomic E-state index is 2.83. The van der Waals surface area contributed by atoms with Crippen molar-refractivity contribution in [1.29, 1.82) is 0 Å². The van der Waals surface area contributed by atoms with Gasteiger partial charge >= 0.3 is 0 Å². The Bertz CT molecular complexity index is 201. The minimum absolute atomic E-state index is 0.612. The molecule has 3 aliphatic rings. The summed E-state index contributed by atoms with van der Waals surface area (Å²) in [5.74, 6) is 0. The van der Waals surface area contributed by atoms with Crippen LogP contribution in [0.25, 0.3) is 0 Å². The van der Waals surface area contributed by atoms with Crippen molar-refractivity contribution in [2.75, 3.05) is 6.66 Å². The molecule has 3 saturated carbocycles. The summed E-state index contributed by atoms with van der Waals surface area (Å²) in [7, 11) is -0.612. The van der Waals surface area contributed by atoms with Gasteiger partial charge in [-0.2, -0.15) is 0 Å². The monoisotopic (exact) mass is 253 g/mol. The standard InChI is InChI=1S/C16H30P/c1-17(14-8-2-3-9-14,15-10-4-5-11-15)16-12-6-7-13-16/h14-16H,2-13H2,1H3/q+1. The molecule has 3 fully saturated rings. The highest BCUT2D eigenvalue weighted by Crippen LogP contribution is 2.75. The van der Waals surface area contributed by atoms with Crippen molar-refractivity contribution in [2.45, 2.75) is 94.0 Å². The van der Waals surface area contributed by atoms with Crippen molar-refractivity contribution in [3.05, 3.63) is 0 Å². The molecule has 0 radical (unpaired) electrons. The van der Waals surface area contributed by atoms with E-state index in [0.717, 1.165) is 0 Å². The molecule has 0 nitrogen and oxygen atoms in total. The third-order valence-electron chi connectivity index (χ3n) is 6.33. The van der Waals surface area contributed by atoms with Crippen molar-refractivity contribution in [3.63, 3.8) is 0 Å². The van der Waals surface area contributed by atoms with E-state index in [4.69, 9.17) is 0 Å². The van der Waals surface area contributed by atoms with E-state index in [1.807, 2.05) is 0 Å². The first kappa shape index (κ1) is 12.5. The van der Waals surface area contributed by atoms with Crippen LogP contribution in [0.5, 0.6) is 0 Å². The Kier molecular flexibility index (Phi) is 3.81. The highest BCUT2D eigenvalue weighted by atomic mass is 31.2. The van der Waals surface area contributed by atoms with E-state index in [-0.39, 0.29) is 0 Å². The van der Waals surface area contributed by atoms with Crippen molar-refractivity contribution in [3.8, 4) is 0 Å². The minimum atomic E-state index is -0.612. The Hall–Kier alpha value is 0.430. The van der Waals surface area contributed by atoms with Crippen LogP contribution in [0.4, 0.5) is 0 Å². The second kappa shape index (κ2) is 5.20. The molecular formula is C16H30P+. The lowest BCUT2D eigenvalue weighted by atomic mass is 10.3. The molecule has 0 aromatic rings. The lowest BCUT2D eigenvalue weighted by molar-refractivity contribution is 0.757. The average Bonchev–Trinajstić information content (AvgIpc) is 3.10. The molecule has 17 heavy (non-hydrogen) atoms. The van der Waals surface area contributed by atoms with Gasteiger partial charge < -0.3 is 0 Å². The lowest BCUT2D eigenvalue weighted by Gasteiger charge is -2.39. The third-order valence-corrected chi connectivity index (χ3v) is 12.6. The Morgan fingerprint density at radius 1 is 0.529 bits per heavy atom. The van der Waals surface area contributed by atoms with Gasteiger partial charge in [0.05, 0.1) is 17.0 Å². The van der Waals surface area contributed by atoms with Gasteiger partial charge in [-0.05, 0) is 77.0 Å². The van der Waals surface area contributed by atoms with E-state index >= 15 is 0 Å². The van der Waals surface area contributed by atoms with Gasteiger partial charge in [-0.1, -0.05) is 0 Å². The summed E-state index contributed by atoms with van der Waals surface area (Å²) in [5, 5.41) is 0. The molecule has 0 atom stereocenters. The second-order valence-electron chi connectivity index (χ2n) is 7.04. The molecule has 0 unspecified atom stereocenters. The Balaban J connectivity index is 1.81. The Morgan fingerprint density at radius 3 is 1.00 bits per heavy atom. The Labute approximate surface area is 108 Å². The van der Waals surface area contributed by atoms with Crippen LogP contribution in [0.3, 0.4) is 0 Å². The molecule has 0 aliphatic heterocycles. The van der Waals surface area contributed by atoms with Gasteiger partial charge in [-0.25, -0.2) is 0 Å².